The van der Waals surface area contributed by atoms with Gasteiger partial charge < -0.3 is 10.2 Å². The van der Waals surface area contributed by atoms with Gasteiger partial charge in [0.25, 0.3) is 5.91 Å². The Labute approximate surface area is 145 Å². The van der Waals surface area contributed by atoms with Crippen LogP contribution in [0.25, 0.3) is 0 Å². The summed E-state index contributed by atoms with van der Waals surface area (Å²) in [7, 11) is 0. The quantitative estimate of drug-likeness (QED) is 0.863. The molecule has 1 aliphatic rings. The number of nitrogens with zero attached hydrogens (tertiary/aromatic N) is 2. The predicted molar refractivity (Wildman–Crippen MR) is 96.0 cm³/mol. The zero-order chi connectivity index (χ0) is 16.2. The van der Waals surface area contributed by atoms with Gasteiger partial charge in [-0.25, -0.2) is 4.98 Å². The van der Waals surface area contributed by atoms with E-state index in [0.717, 1.165) is 35.5 Å². The molecule has 0 spiro atoms. The molecule has 1 N–H and O–H groups in total. The predicted octanol–water partition coefficient (Wildman–Crippen LogP) is 4.46. The summed E-state index contributed by atoms with van der Waals surface area (Å²) in [6.45, 7) is 3.89. The Bertz CT molecular complexity index is 670. The zero-order valence-corrected chi connectivity index (χ0v) is 14.7. The van der Waals surface area contributed by atoms with Crippen LogP contribution in [0.15, 0.2) is 47.1 Å². The van der Waals surface area contributed by atoms with Crippen LogP contribution in [0.5, 0.6) is 0 Å². The van der Waals surface area contributed by atoms with E-state index in [0.29, 0.717) is 11.5 Å². The Kier molecular flexibility index (Phi) is 4.96. The summed E-state index contributed by atoms with van der Waals surface area (Å²) in [5.41, 5.74) is 1.62. The molecule has 1 aliphatic heterocycles. The van der Waals surface area contributed by atoms with Crippen molar-refractivity contribution in [3.05, 3.63) is 52.6 Å². The van der Waals surface area contributed by atoms with E-state index in [-0.39, 0.29) is 5.91 Å². The maximum absolute atomic E-state index is 12.5. The molecule has 0 radical (unpaired) electrons. The van der Waals surface area contributed by atoms with E-state index < -0.39 is 0 Å². The summed E-state index contributed by atoms with van der Waals surface area (Å²) in [5.74, 6) is 1.40. The number of benzene rings is 1. The van der Waals surface area contributed by atoms with Crippen LogP contribution in [-0.2, 0) is 0 Å². The van der Waals surface area contributed by atoms with Crippen molar-refractivity contribution in [2.45, 2.75) is 19.8 Å². The highest BCUT2D eigenvalue weighted by atomic mass is 79.9. The van der Waals surface area contributed by atoms with Crippen LogP contribution in [0, 0.1) is 5.92 Å². The maximum atomic E-state index is 12.5. The van der Waals surface area contributed by atoms with Gasteiger partial charge in [0.15, 0.2) is 0 Å². The average molecular weight is 374 g/mol. The first-order valence-electron chi connectivity index (χ1n) is 7.90. The summed E-state index contributed by atoms with van der Waals surface area (Å²) in [5, 5.41) is 3.23. The molecule has 120 valence electrons. The van der Waals surface area contributed by atoms with Crippen LogP contribution in [-0.4, -0.2) is 28.9 Å². The summed E-state index contributed by atoms with van der Waals surface area (Å²) in [6.07, 6.45) is 3.95. The van der Waals surface area contributed by atoms with E-state index in [9.17, 15) is 4.79 Å². The van der Waals surface area contributed by atoms with E-state index >= 15 is 0 Å². The van der Waals surface area contributed by atoms with Crippen LogP contribution in [0.3, 0.4) is 0 Å². The monoisotopic (exact) mass is 373 g/mol. The van der Waals surface area contributed by atoms with Crippen molar-refractivity contribution in [3.8, 4) is 0 Å². The second-order valence-electron chi connectivity index (χ2n) is 6.06. The van der Waals surface area contributed by atoms with Crippen molar-refractivity contribution in [2.24, 2.45) is 5.92 Å². The number of hydrogen-bond donors (Lipinski definition) is 1. The van der Waals surface area contributed by atoms with Gasteiger partial charge in [-0.2, -0.15) is 0 Å². The molecule has 1 unspecified atom stereocenters. The minimum absolute atomic E-state index is 0.0826. The Hall–Kier alpha value is -1.88. The molecule has 23 heavy (non-hydrogen) atoms. The van der Waals surface area contributed by atoms with E-state index in [2.05, 4.69) is 33.2 Å². The van der Waals surface area contributed by atoms with Gasteiger partial charge in [-0.15, -0.1) is 0 Å². The smallest absolute Gasteiger partial charge is 0.255 e. The molecule has 1 saturated heterocycles. The average Bonchev–Trinajstić information content (AvgIpc) is 2.57. The Morgan fingerprint density at radius 3 is 2.70 bits per heavy atom. The molecule has 0 aliphatic carbocycles. The van der Waals surface area contributed by atoms with Gasteiger partial charge in [0.2, 0.25) is 0 Å². The van der Waals surface area contributed by atoms with Gasteiger partial charge >= 0.3 is 0 Å². The number of nitrogens with one attached hydrogen (secondary N) is 1. The van der Waals surface area contributed by atoms with Crippen LogP contribution in [0.4, 0.5) is 11.5 Å². The number of amides is 1. The molecule has 4 nitrogen and oxygen atoms in total. The van der Waals surface area contributed by atoms with Crippen LogP contribution < -0.4 is 5.32 Å². The first-order valence-corrected chi connectivity index (χ1v) is 8.69. The van der Waals surface area contributed by atoms with Gasteiger partial charge in [-0.1, -0.05) is 22.9 Å². The van der Waals surface area contributed by atoms with Crippen LogP contribution in [0.2, 0.25) is 0 Å². The lowest BCUT2D eigenvalue weighted by molar-refractivity contribution is 0.0682. The number of anilines is 2. The molecule has 1 amide bonds. The summed E-state index contributed by atoms with van der Waals surface area (Å²) in [6, 6.07) is 11.6. The van der Waals surface area contributed by atoms with E-state index in [1.807, 2.05) is 41.3 Å². The Balaban J connectivity index is 1.66. The zero-order valence-electron chi connectivity index (χ0n) is 13.1. The lowest BCUT2D eigenvalue weighted by Gasteiger charge is -2.30. The number of aromatic nitrogens is 1. The number of hydrogen-bond acceptors (Lipinski definition) is 3. The molecule has 1 fully saturated rings. The first kappa shape index (κ1) is 16.0. The molecule has 0 bridgehead atoms. The van der Waals surface area contributed by atoms with Gasteiger partial charge in [0.1, 0.15) is 5.82 Å². The van der Waals surface area contributed by atoms with Crippen molar-refractivity contribution >= 4 is 33.3 Å². The molecule has 0 saturated carbocycles. The third-order valence-electron chi connectivity index (χ3n) is 4.07. The number of carbonyl (C=O) groups excluding carboxylic acids is 1. The number of rotatable bonds is 3. The van der Waals surface area contributed by atoms with Crippen molar-refractivity contribution in [3.63, 3.8) is 0 Å². The maximum Gasteiger partial charge on any atom is 0.255 e. The molecule has 1 aromatic carbocycles. The normalized spacial score (nSPS) is 17.8. The number of halogens is 1. The molecule has 2 aromatic rings. The first-order chi connectivity index (χ1) is 11.1. The molecular formula is C18H20BrN3O. The fraction of sp³-hybridized carbons (Fsp3) is 0.333. The summed E-state index contributed by atoms with van der Waals surface area (Å²) < 4.78 is 1.03. The van der Waals surface area contributed by atoms with Gasteiger partial charge in [-0.05, 0) is 55.2 Å². The van der Waals surface area contributed by atoms with E-state index in [1.54, 1.807) is 6.20 Å². The molecule has 3 rings (SSSR count). The van der Waals surface area contributed by atoms with Gasteiger partial charge in [0.05, 0.1) is 5.56 Å². The molecule has 1 atom stereocenters. The third-order valence-corrected chi connectivity index (χ3v) is 4.60. The summed E-state index contributed by atoms with van der Waals surface area (Å²) >= 11 is 3.41. The van der Waals surface area contributed by atoms with Crippen molar-refractivity contribution in [1.29, 1.82) is 0 Å². The van der Waals surface area contributed by atoms with Crippen molar-refractivity contribution in [1.82, 2.24) is 9.88 Å². The van der Waals surface area contributed by atoms with Crippen LogP contribution in [0.1, 0.15) is 30.1 Å². The highest BCUT2D eigenvalue weighted by Gasteiger charge is 2.22. The van der Waals surface area contributed by atoms with Crippen molar-refractivity contribution < 1.29 is 4.79 Å². The van der Waals surface area contributed by atoms with Gasteiger partial charge in [-0.3, -0.25) is 4.79 Å². The minimum atomic E-state index is 0.0826. The number of likely N-dealkylation sites (tertiary alicyclic amines) is 1. The fourth-order valence-electron chi connectivity index (χ4n) is 2.83. The Morgan fingerprint density at radius 2 is 2.04 bits per heavy atom. The van der Waals surface area contributed by atoms with Crippen molar-refractivity contribution in [2.75, 3.05) is 18.4 Å². The van der Waals surface area contributed by atoms with E-state index in [1.165, 1.54) is 6.42 Å². The molecule has 5 heteroatoms. The minimum Gasteiger partial charge on any atom is -0.340 e. The van der Waals surface area contributed by atoms with Gasteiger partial charge in [0, 0.05) is 29.4 Å². The largest absolute Gasteiger partial charge is 0.340 e. The topological polar surface area (TPSA) is 45.2 Å². The highest BCUT2D eigenvalue weighted by molar-refractivity contribution is 9.10. The molecule has 1 aromatic heterocycles. The standard InChI is InChI=1S/C18H20BrN3O/c1-13-3-2-10-22(12-13)18(23)14-4-9-17(20-11-14)21-16-7-5-15(19)6-8-16/h4-9,11,13H,2-3,10,12H2,1H3,(H,20,21). The fourth-order valence-corrected chi connectivity index (χ4v) is 3.10. The number of pyridine rings is 1. The lowest BCUT2D eigenvalue weighted by atomic mass is 10.00. The van der Waals surface area contributed by atoms with E-state index in [4.69, 9.17) is 0 Å². The molecular weight excluding hydrogens is 354 g/mol. The Morgan fingerprint density at radius 1 is 1.26 bits per heavy atom. The molecule has 2 heterocycles. The second kappa shape index (κ2) is 7.13. The second-order valence-corrected chi connectivity index (χ2v) is 6.98. The highest BCUT2D eigenvalue weighted by Crippen LogP contribution is 2.20. The summed E-state index contributed by atoms with van der Waals surface area (Å²) in [4.78, 5) is 18.8. The third kappa shape index (κ3) is 4.10. The van der Waals surface area contributed by atoms with Crippen LogP contribution >= 0.6 is 15.9 Å². The number of piperidine rings is 1. The number of carbonyl (C=O) groups is 1. The SMILES string of the molecule is CC1CCCN(C(=O)c2ccc(Nc3ccc(Br)cc3)nc2)C1. The lowest BCUT2D eigenvalue weighted by Crippen LogP contribution is -2.39.